The number of hydrogen-bond acceptors (Lipinski definition) is 9. The maximum Gasteiger partial charge on any atom is 0.247 e. The molecule has 4 aliphatic rings. The molecule has 1 aromatic carbocycles. The average molecular weight is 572 g/mol. The summed E-state index contributed by atoms with van der Waals surface area (Å²) in [5.74, 6) is -0.138. The molecule has 1 aromatic rings. The number of aldehydes is 1. The summed E-state index contributed by atoms with van der Waals surface area (Å²) in [6.07, 6.45) is 5.04. The third-order valence-corrected chi connectivity index (χ3v) is 8.79. The van der Waals surface area contributed by atoms with Gasteiger partial charge >= 0.3 is 0 Å². The highest BCUT2D eigenvalue weighted by atomic mass is 16.5. The van der Waals surface area contributed by atoms with Crippen LogP contribution in [-0.2, 0) is 14.3 Å². The Morgan fingerprint density at radius 2 is 1.98 bits per heavy atom. The van der Waals surface area contributed by atoms with Gasteiger partial charge in [0.2, 0.25) is 11.8 Å². The van der Waals surface area contributed by atoms with Crippen LogP contribution in [-0.4, -0.2) is 116 Å². The van der Waals surface area contributed by atoms with Crippen molar-refractivity contribution in [3.05, 3.63) is 34.9 Å². The van der Waals surface area contributed by atoms with E-state index in [1.54, 1.807) is 23.1 Å². The average Bonchev–Trinajstić information content (AvgIpc) is 3.65. The number of carbonyl (C=O) groups is 3. The number of hydrogen-bond donors (Lipinski definition) is 3. The standard InChI is InChI=1S/C30H41N3O8/c1-39-24-15-20(18-35)14-21-26-22(30(38)31-6-11-34)17-23(27(37)29(26)41-28(21)24)33(8-7-32-9-12-40-13-10-32)25(36)16-19-4-2-3-5-19/h14-15,17-19,23,26-27,29,34,37H,2-13,16H2,1H3,(H,31,38)/t23-,26+,27+,29+/m1/s1. The van der Waals surface area contributed by atoms with Crippen LogP contribution in [0.25, 0.3) is 0 Å². The number of carbonyl (C=O) groups excluding carboxylic acids is 3. The van der Waals surface area contributed by atoms with Crippen molar-refractivity contribution in [3.63, 3.8) is 0 Å². The lowest BCUT2D eigenvalue weighted by Gasteiger charge is -2.41. The number of nitrogens with zero attached hydrogens (tertiary/aromatic N) is 2. The summed E-state index contributed by atoms with van der Waals surface area (Å²) in [6, 6.07) is 2.41. The highest BCUT2D eigenvalue weighted by Gasteiger charge is 2.51. The maximum absolute atomic E-state index is 13.9. The smallest absolute Gasteiger partial charge is 0.247 e. The third-order valence-electron chi connectivity index (χ3n) is 8.79. The minimum atomic E-state index is -1.14. The molecule has 3 N–H and O–H groups in total. The van der Waals surface area contributed by atoms with Crippen molar-refractivity contribution < 1.29 is 38.8 Å². The van der Waals surface area contributed by atoms with Crippen molar-refractivity contribution in [2.24, 2.45) is 5.92 Å². The van der Waals surface area contributed by atoms with Crippen molar-refractivity contribution in [1.29, 1.82) is 0 Å². The van der Waals surface area contributed by atoms with E-state index in [-0.39, 0.29) is 19.1 Å². The summed E-state index contributed by atoms with van der Waals surface area (Å²) in [5, 5.41) is 23.9. The quantitative estimate of drug-likeness (QED) is 0.331. The molecular weight excluding hydrogens is 530 g/mol. The van der Waals surface area contributed by atoms with Gasteiger partial charge < -0.3 is 34.6 Å². The molecule has 11 heteroatoms. The summed E-state index contributed by atoms with van der Waals surface area (Å²) < 4.78 is 17.3. The first-order chi connectivity index (χ1) is 19.9. The molecule has 2 aliphatic carbocycles. The zero-order chi connectivity index (χ0) is 28.9. The van der Waals surface area contributed by atoms with E-state index in [1.165, 1.54) is 7.11 Å². The van der Waals surface area contributed by atoms with E-state index in [0.717, 1.165) is 38.8 Å². The monoisotopic (exact) mass is 571 g/mol. The molecule has 2 fully saturated rings. The molecule has 0 unspecified atom stereocenters. The third kappa shape index (κ3) is 6.28. The molecule has 41 heavy (non-hydrogen) atoms. The molecule has 0 aromatic heterocycles. The SMILES string of the molecule is COc1cc(C=O)cc2c1O[C@@H]1[C@@H](O)[C@H](N(CCN3CCOCC3)C(=O)CC3CCCC3)C=C(C(=O)NCCO)[C@H]21. The highest BCUT2D eigenvalue weighted by molar-refractivity contribution is 5.96. The Kier molecular flexibility index (Phi) is 9.59. The van der Waals surface area contributed by atoms with E-state index in [2.05, 4.69) is 10.2 Å². The number of morpholine rings is 1. The summed E-state index contributed by atoms with van der Waals surface area (Å²) in [6.45, 7) is 3.63. The van der Waals surface area contributed by atoms with Crippen LogP contribution >= 0.6 is 0 Å². The van der Waals surface area contributed by atoms with Gasteiger partial charge in [-0.05, 0) is 37.0 Å². The fourth-order valence-corrected chi connectivity index (χ4v) is 6.65. The van der Waals surface area contributed by atoms with Gasteiger partial charge in [-0.2, -0.15) is 0 Å². The van der Waals surface area contributed by atoms with Crippen molar-refractivity contribution in [1.82, 2.24) is 15.1 Å². The molecule has 2 aliphatic heterocycles. The molecule has 2 amide bonds. The number of ether oxygens (including phenoxy) is 3. The number of fused-ring (bicyclic) bond motifs is 3. The Bertz CT molecular complexity index is 1140. The minimum absolute atomic E-state index is 0.0460. The minimum Gasteiger partial charge on any atom is -0.493 e. The van der Waals surface area contributed by atoms with Gasteiger partial charge in [-0.15, -0.1) is 0 Å². The fourth-order valence-electron chi connectivity index (χ4n) is 6.65. The number of amides is 2. The second-order valence-corrected chi connectivity index (χ2v) is 11.3. The van der Waals surface area contributed by atoms with Crippen LogP contribution in [0.4, 0.5) is 0 Å². The van der Waals surface area contributed by atoms with Gasteiger partial charge in [-0.1, -0.05) is 12.8 Å². The molecular formula is C30H41N3O8. The van der Waals surface area contributed by atoms with Gasteiger partial charge in [0.25, 0.3) is 0 Å². The zero-order valence-electron chi connectivity index (χ0n) is 23.6. The molecule has 0 radical (unpaired) electrons. The van der Waals surface area contributed by atoms with E-state index in [9.17, 15) is 24.6 Å². The van der Waals surface area contributed by atoms with Gasteiger partial charge in [0.15, 0.2) is 11.5 Å². The summed E-state index contributed by atoms with van der Waals surface area (Å²) in [5.41, 5.74) is 1.25. The van der Waals surface area contributed by atoms with Gasteiger partial charge in [0, 0.05) is 55.8 Å². The number of aliphatic hydroxyl groups is 2. The lowest BCUT2D eigenvalue weighted by atomic mass is 9.77. The Balaban J connectivity index is 1.51. The van der Waals surface area contributed by atoms with E-state index in [0.29, 0.717) is 73.1 Å². The second-order valence-electron chi connectivity index (χ2n) is 11.3. The zero-order valence-corrected chi connectivity index (χ0v) is 23.6. The normalized spacial score (nSPS) is 26.0. The molecule has 4 atom stereocenters. The molecule has 2 heterocycles. The highest BCUT2D eigenvalue weighted by Crippen LogP contribution is 2.51. The van der Waals surface area contributed by atoms with Gasteiger partial charge in [-0.3, -0.25) is 19.3 Å². The number of rotatable bonds is 11. The topological polar surface area (TPSA) is 138 Å². The molecule has 1 saturated heterocycles. The Hall–Kier alpha value is -2.99. The molecule has 0 spiro atoms. The maximum atomic E-state index is 13.9. The van der Waals surface area contributed by atoms with E-state index >= 15 is 0 Å². The lowest BCUT2D eigenvalue weighted by Crippen LogP contribution is -2.57. The van der Waals surface area contributed by atoms with Crippen LogP contribution < -0.4 is 14.8 Å². The predicted octanol–water partition coefficient (Wildman–Crippen LogP) is 0.871. The molecule has 0 bridgehead atoms. The van der Waals surface area contributed by atoms with Crippen molar-refractivity contribution in [2.45, 2.75) is 56.3 Å². The number of benzene rings is 1. The summed E-state index contributed by atoms with van der Waals surface area (Å²) >= 11 is 0. The number of aliphatic hydroxyl groups excluding tert-OH is 2. The molecule has 5 rings (SSSR count). The summed E-state index contributed by atoms with van der Waals surface area (Å²) in [4.78, 5) is 43.0. The van der Waals surface area contributed by atoms with Crippen molar-refractivity contribution >= 4 is 18.1 Å². The fraction of sp³-hybridized carbons (Fsp3) is 0.633. The second kappa shape index (κ2) is 13.3. The van der Waals surface area contributed by atoms with Crippen LogP contribution in [0.3, 0.4) is 0 Å². The predicted molar refractivity (Wildman–Crippen MR) is 149 cm³/mol. The molecule has 11 nitrogen and oxygen atoms in total. The van der Waals surface area contributed by atoms with Gasteiger partial charge in [-0.25, -0.2) is 0 Å². The lowest BCUT2D eigenvalue weighted by molar-refractivity contribution is -0.138. The van der Waals surface area contributed by atoms with Crippen LogP contribution in [0, 0.1) is 5.92 Å². The first-order valence-electron chi connectivity index (χ1n) is 14.7. The van der Waals surface area contributed by atoms with Crippen molar-refractivity contribution in [2.75, 3.05) is 59.7 Å². The van der Waals surface area contributed by atoms with Crippen LogP contribution in [0.2, 0.25) is 0 Å². The molecule has 1 saturated carbocycles. The first-order valence-corrected chi connectivity index (χ1v) is 14.7. The Labute approximate surface area is 240 Å². The van der Waals surface area contributed by atoms with Gasteiger partial charge in [0.1, 0.15) is 18.5 Å². The van der Waals surface area contributed by atoms with Crippen LogP contribution in [0.5, 0.6) is 11.5 Å². The van der Waals surface area contributed by atoms with E-state index < -0.39 is 30.1 Å². The van der Waals surface area contributed by atoms with Gasteiger partial charge in [0.05, 0.1) is 38.9 Å². The summed E-state index contributed by atoms with van der Waals surface area (Å²) in [7, 11) is 1.47. The van der Waals surface area contributed by atoms with Crippen molar-refractivity contribution in [3.8, 4) is 11.5 Å². The molecule has 224 valence electrons. The van der Waals surface area contributed by atoms with E-state index in [4.69, 9.17) is 14.2 Å². The van der Waals surface area contributed by atoms with E-state index in [1.807, 2.05) is 0 Å². The van der Waals surface area contributed by atoms with Crippen LogP contribution in [0.1, 0.15) is 53.9 Å². The Morgan fingerprint density at radius 1 is 1.22 bits per heavy atom. The first kappa shape index (κ1) is 29.5. The number of methoxy groups -OCH3 is 1. The Morgan fingerprint density at radius 3 is 2.66 bits per heavy atom. The largest absolute Gasteiger partial charge is 0.493 e. The number of nitrogens with one attached hydrogen (secondary N) is 1. The van der Waals surface area contributed by atoms with Crippen LogP contribution in [0.15, 0.2) is 23.8 Å².